The fourth-order valence-corrected chi connectivity index (χ4v) is 1.88. The van der Waals surface area contributed by atoms with E-state index in [0.717, 1.165) is 0 Å². The minimum Gasteiger partial charge on any atom is -0.465 e. The number of hydrogen-bond donors (Lipinski definition) is 2. The summed E-state index contributed by atoms with van der Waals surface area (Å²) in [4.78, 5) is 23.2. The molecule has 0 saturated heterocycles. The van der Waals surface area contributed by atoms with E-state index in [2.05, 4.69) is 31.5 Å². The van der Waals surface area contributed by atoms with Crippen LogP contribution in [0.15, 0.2) is 22.7 Å². The Hall–Kier alpha value is -1.60. The smallest absolute Gasteiger partial charge is 0.337 e. The van der Waals surface area contributed by atoms with E-state index in [0.29, 0.717) is 22.1 Å². The minimum absolute atomic E-state index is 0.287. The van der Waals surface area contributed by atoms with Crippen LogP contribution in [-0.4, -0.2) is 32.2 Å². The van der Waals surface area contributed by atoms with Crippen molar-refractivity contribution in [2.24, 2.45) is 0 Å². The van der Waals surface area contributed by atoms with E-state index in [1.54, 1.807) is 18.2 Å². The Morgan fingerprint density at radius 3 is 2.60 bits per heavy atom. The standard InChI is InChI=1S/C13H17BrN2O4/c1-4-11(19-2)12(17)16-15-10-7-8(13(18)20-3)5-6-9(10)14/h5-7,11,15H,4H2,1-3H3,(H,16,17). The lowest BCUT2D eigenvalue weighted by Crippen LogP contribution is -2.39. The molecule has 0 heterocycles. The summed E-state index contributed by atoms with van der Waals surface area (Å²) in [6.45, 7) is 1.85. The van der Waals surface area contributed by atoms with Crippen LogP contribution in [0.5, 0.6) is 0 Å². The van der Waals surface area contributed by atoms with Gasteiger partial charge in [-0.3, -0.25) is 15.6 Å². The predicted molar refractivity (Wildman–Crippen MR) is 78.3 cm³/mol. The molecule has 1 unspecified atom stereocenters. The van der Waals surface area contributed by atoms with Gasteiger partial charge in [-0.15, -0.1) is 0 Å². The molecular weight excluding hydrogens is 328 g/mol. The Balaban J connectivity index is 2.77. The number of hydrogen-bond acceptors (Lipinski definition) is 5. The van der Waals surface area contributed by atoms with E-state index in [4.69, 9.17) is 4.74 Å². The van der Waals surface area contributed by atoms with Gasteiger partial charge in [0.25, 0.3) is 5.91 Å². The maximum absolute atomic E-state index is 11.8. The van der Waals surface area contributed by atoms with Gasteiger partial charge < -0.3 is 9.47 Å². The third-order valence-electron chi connectivity index (χ3n) is 2.66. The number of ether oxygens (including phenoxy) is 2. The summed E-state index contributed by atoms with van der Waals surface area (Å²) in [5.74, 6) is -0.736. The van der Waals surface area contributed by atoms with Gasteiger partial charge in [0, 0.05) is 11.6 Å². The average Bonchev–Trinajstić information content (AvgIpc) is 2.46. The number of methoxy groups -OCH3 is 2. The van der Waals surface area contributed by atoms with Crippen molar-refractivity contribution in [1.29, 1.82) is 0 Å². The topological polar surface area (TPSA) is 76.7 Å². The number of anilines is 1. The van der Waals surface area contributed by atoms with Gasteiger partial charge in [0.15, 0.2) is 0 Å². The molecule has 0 fully saturated rings. The van der Waals surface area contributed by atoms with Crippen LogP contribution in [0.1, 0.15) is 23.7 Å². The van der Waals surface area contributed by atoms with Crippen LogP contribution in [0.25, 0.3) is 0 Å². The molecule has 2 N–H and O–H groups in total. The van der Waals surface area contributed by atoms with Crippen molar-refractivity contribution < 1.29 is 19.1 Å². The van der Waals surface area contributed by atoms with E-state index >= 15 is 0 Å². The molecule has 1 atom stereocenters. The van der Waals surface area contributed by atoms with Gasteiger partial charge in [0.1, 0.15) is 6.10 Å². The van der Waals surface area contributed by atoms with Crippen molar-refractivity contribution >= 4 is 33.5 Å². The van der Waals surface area contributed by atoms with E-state index in [-0.39, 0.29) is 5.91 Å². The molecule has 0 bridgehead atoms. The molecule has 0 aliphatic rings. The Labute approximate surface area is 125 Å². The van der Waals surface area contributed by atoms with Crippen LogP contribution in [0, 0.1) is 0 Å². The van der Waals surface area contributed by atoms with Crippen LogP contribution in [0.2, 0.25) is 0 Å². The van der Waals surface area contributed by atoms with Crippen molar-refractivity contribution in [1.82, 2.24) is 5.43 Å². The molecule has 0 aliphatic heterocycles. The van der Waals surface area contributed by atoms with Crippen LogP contribution in [0.3, 0.4) is 0 Å². The molecule has 1 aromatic rings. The van der Waals surface area contributed by atoms with Crippen LogP contribution < -0.4 is 10.9 Å². The molecule has 110 valence electrons. The fraction of sp³-hybridized carbons (Fsp3) is 0.385. The maximum atomic E-state index is 11.8. The van der Waals surface area contributed by atoms with Crippen molar-refractivity contribution in [3.63, 3.8) is 0 Å². The lowest BCUT2D eigenvalue weighted by Gasteiger charge is -2.15. The zero-order chi connectivity index (χ0) is 15.1. The quantitative estimate of drug-likeness (QED) is 0.610. The summed E-state index contributed by atoms with van der Waals surface area (Å²) < 4.78 is 10.4. The summed E-state index contributed by atoms with van der Waals surface area (Å²) in [7, 11) is 2.78. The lowest BCUT2D eigenvalue weighted by atomic mass is 10.2. The van der Waals surface area contributed by atoms with E-state index in [9.17, 15) is 9.59 Å². The van der Waals surface area contributed by atoms with Crippen LogP contribution in [-0.2, 0) is 14.3 Å². The first-order chi connectivity index (χ1) is 9.53. The number of amides is 1. The molecule has 20 heavy (non-hydrogen) atoms. The fourth-order valence-electron chi connectivity index (χ4n) is 1.53. The number of nitrogens with one attached hydrogen (secondary N) is 2. The number of halogens is 1. The number of hydrazine groups is 1. The predicted octanol–water partition coefficient (Wildman–Crippen LogP) is 2.10. The van der Waals surface area contributed by atoms with Gasteiger partial charge in [-0.1, -0.05) is 6.92 Å². The summed E-state index contributed by atoms with van der Waals surface area (Å²) in [5.41, 5.74) is 6.21. The molecule has 1 rings (SSSR count). The highest BCUT2D eigenvalue weighted by molar-refractivity contribution is 9.10. The van der Waals surface area contributed by atoms with Gasteiger partial charge in [-0.25, -0.2) is 4.79 Å². The van der Waals surface area contributed by atoms with Crippen molar-refractivity contribution in [3.05, 3.63) is 28.2 Å². The number of rotatable bonds is 6. The van der Waals surface area contributed by atoms with E-state index < -0.39 is 12.1 Å². The SMILES string of the molecule is CCC(OC)C(=O)NNc1cc(C(=O)OC)ccc1Br. The first-order valence-corrected chi connectivity index (χ1v) is 6.79. The third kappa shape index (κ3) is 4.21. The van der Waals surface area contributed by atoms with E-state index in [1.165, 1.54) is 14.2 Å². The average molecular weight is 345 g/mol. The molecule has 6 nitrogen and oxygen atoms in total. The Bertz CT molecular complexity index is 489. The van der Waals surface area contributed by atoms with Crippen molar-refractivity contribution in [2.45, 2.75) is 19.4 Å². The van der Waals surface area contributed by atoms with Crippen LogP contribution >= 0.6 is 15.9 Å². The Morgan fingerprint density at radius 2 is 2.05 bits per heavy atom. The molecule has 7 heteroatoms. The van der Waals surface area contributed by atoms with Gasteiger partial charge in [-0.2, -0.15) is 0 Å². The highest BCUT2D eigenvalue weighted by Gasteiger charge is 2.15. The monoisotopic (exact) mass is 344 g/mol. The first-order valence-electron chi connectivity index (χ1n) is 6.00. The van der Waals surface area contributed by atoms with Crippen molar-refractivity contribution in [3.8, 4) is 0 Å². The molecular formula is C13H17BrN2O4. The van der Waals surface area contributed by atoms with Gasteiger partial charge in [-0.05, 0) is 40.5 Å². The molecule has 0 saturated carbocycles. The summed E-state index contributed by atoms with van der Waals surface area (Å²) in [5, 5.41) is 0. The normalized spacial score (nSPS) is 11.6. The van der Waals surface area contributed by atoms with Gasteiger partial charge in [0.2, 0.25) is 0 Å². The lowest BCUT2D eigenvalue weighted by molar-refractivity contribution is -0.130. The van der Waals surface area contributed by atoms with Crippen LogP contribution in [0.4, 0.5) is 5.69 Å². The second-order valence-electron chi connectivity index (χ2n) is 3.93. The van der Waals surface area contributed by atoms with E-state index in [1.807, 2.05) is 6.92 Å². The summed E-state index contributed by atoms with van der Waals surface area (Å²) in [6.07, 6.45) is 0.0398. The summed E-state index contributed by atoms with van der Waals surface area (Å²) in [6, 6.07) is 4.88. The second-order valence-corrected chi connectivity index (χ2v) is 4.79. The zero-order valence-corrected chi connectivity index (χ0v) is 13.1. The number of carbonyl (C=O) groups is 2. The van der Waals surface area contributed by atoms with Crippen molar-refractivity contribution in [2.75, 3.05) is 19.6 Å². The number of benzene rings is 1. The molecule has 0 radical (unpaired) electrons. The largest absolute Gasteiger partial charge is 0.465 e. The second kappa shape index (κ2) is 7.86. The first kappa shape index (κ1) is 16.5. The van der Waals surface area contributed by atoms with Gasteiger partial charge in [0.05, 0.1) is 18.4 Å². The summed E-state index contributed by atoms with van der Waals surface area (Å²) >= 11 is 3.33. The third-order valence-corrected chi connectivity index (χ3v) is 3.35. The molecule has 1 aromatic carbocycles. The Morgan fingerprint density at radius 1 is 1.35 bits per heavy atom. The van der Waals surface area contributed by atoms with Gasteiger partial charge >= 0.3 is 5.97 Å². The molecule has 1 amide bonds. The highest BCUT2D eigenvalue weighted by atomic mass is 79.9. The minimum atomic E-state index is -0.523. The zero-order valence-electron chi connectivity index (χ0n) is 11.5. The number of esters is 1. The Kier molecular flexibility index (Phi) is 6.47. The molecule has 0 aromatic heterocycles. The molecule has 0 aliphatic carbocycles. The number of carbonyl (C=O) groups excluding carboxylic acids is 2. The maximum Gasteiger partial charge on any atom is 0.337 e. The molecule has 0 spiro atoms. The highest BCUT2D eigenvalue weighted by Crippen LogP contribution is 2.23.